The maximum atomic E-state index is 3.32. The fourth-order valence-electron chi connectivity index (χ4n) is 1.40. The van der Waals surface area contributed by atoms with Crippen LogP contribution in [-0.4, -0.2) is 35.6 Å². The molecule has 60 valence electrons. The number of piperidine rings is 1. The molecule has 0 aromatic heterocycles. The Labute approximate surface area is 76.5 Å². The molecule has 1 aliphatic rings. The number of nitrogens with zero attached hydrogens (tertiary/aromatic N) is 1. The molecule has 1 rings (SSSR count). The topological polar surface area (TPSA) is 15.3 Å². The van der Waals surface area contributed by atoms with Gasteiger partial charge in [-0.3, -0.25) is 4.90 Å². The highest BCUT2D eigenvalue weighted by Crippen LogP contribution is 2.10. The summed E-state index contributed by atoms with van der Waals surface area (Å²) in [4.78, 5) is 2.49. The van der Waals surface area contributed by atoms with Gasteiger partial charge in [-0.25, -0.2) is 0 Å². The van der Waals surface area contributed by atoms with Gasteiger partial charge in [-0.05, 0) is 26.4 Å². The van der Waals surface area contributed by atoms with E-state index in [1.165, 1.54) is 30.5 Å². The minimum absolute atomic E-state index is 0.739. The lowest BCUT2D eigenvalue weighted by atomic mass is 10.1. The predicted molar refractivity (Wildman–Crippen MR) is 52.5 cm³/mol. The molecular formula is C7H15IN2. The number of nitrogens with one attached hydrogen (secondary N) is 1. The Bertz CT molecular complexity index is 87.6. The van der Waals surface area contributed by atoms with E-state index in [0.29, 0.717) is 0 Å². The molecular weight excluding hydrogens is 239 g/mol. The first-order valence-electron chi connectivity index (χ1n) is 3.82. The van der Waals surface area contributed by atoms with E-state index >= 15 is 0 Å². The number of halogens is 1. The van der Waals surface area contributed by atoms with Crippen molar-refractivity contribution < 1.29 is 0 Å². The van der Waals surface area contributed by atoms with E-state index < -0.39 is 0 Å². The normalized spacial score (nSPS) is 28.8. The minimum Gasteiger partial charge on any atom is -0.316 e. The molecule has 1 saturated heterocycles. The Kier molecular flexibility index (Phi) is 3.95. The van der Waals surface area contributed by atoms with Crippen LogP contribution in [0.25, 0.3) is 0 Å². The number of hydrogen-bond acceptors (Lipinski definition) is 2. The van der Waals surface area contributed by atoms with Gasteiger partial charge in [-0.1, -0.05) is 22.6 Å². The number of likely N-dealkylation sites (N-methyl/N-ethyl adjacent to an activating group) is 1. The van der Waals surface area contributed by atoms with Crippen molar-refractivity contribution in [1.82, 2.24) is 10.2 Å². The van der Waals surface area contributed by atoms with Gasteiger partial charge < -0.3 is 5.32 Å². The molecule has 0 saturated carbocycles. The van der Waals surface area contributed by atoms with Crippen molar-refractivity contribution in [2.45, 2.75) is 18.9 Å². The fourth-order valence-corrected chi connectivity index (χ4v) is 2.02. The summed E-state index contributed by atoms with van der Waals surface area (Å²) < 4.78 is 1.18. The fraction of sp³-hybridized carbons (Fsp3) is 1.00. The van der Waals surface area contributed by atoms with Crippen molar-refractivity contribution in [3.05, 3.63) is 0 Å². The Hall–Kier alpha value is 0.650. The van der Waals surface area contributed by atoms with Crippen LogP contribution in [0.1, 0.15) is 12.8 Å². The molecule has 1 unspecified atom stereocenters. The van der Waals surface area contributed by atoms with E-state index in [9.17, 15) is 0 Å². The maximum Gasteiger partial charge on any atom is 0.0506 e. The summed E-state index contributed by atoms with van der Waals surface area (Å²) in [7, 11) is 2.06. The SMILES string of the molecule is CNC1CCCN(CI)C1. The lowest BCUT2D eigenvalue weighted by Gasteiger charge is -2.30. The van der Waals surface area contributed by atoms with Crippen LogP contribution in [0.5, 0.6) is 0 Å². The van der Waals surface area contributed by atoms with Crippen molar-refractivity contribution in [2.75, 3.05) is 24.7 Å². The zero-order chi connectivity index (χ0) is 7.40. The van der Waals surface area contributed by atoms with E-state index in [1.54, 1.807) is 0 Å². The monoisotopic (exact) mass is 254 g/mol. The van der Waals surface area contributed by atoms with E-state index in [1.807, 2.05) is 0 Å². The van der Waals surface area contributed by atoms with Crippen molar-refractivity contribution >= 4 is 22.6 Å². The zero-order valence-electron chi connectivity index (χ0n) is 6.44. The van der Waals surface area contributed by atoms with Crippen LogP contribution in [0, 0.1) is 0 Å². The summed E-state index contributed by atoms with van der Waals surface area (Å²) in [6.45, 7) is 2.53. The molecule has 2 nitrogen and oxygen atoms in total. The van der Waals surface area contributed by atoms with Gasteiger partial charge in [0.15, 0.2) is 0 Å². The highest BCUT2D eigenvalue weighted by atomic mass is 127. The summed E-state index contributed by atoms with van der Waals surface area (Å²) in [6.07, 6.45) is 2.71. The van der Waals surface area contributed by atoms with E-state index in [-0.39, 0.29) is 0 Å². The molecule has 0 aromatic carbocycles. The lowest BCUT2D eigenvalue weighted by molar-refractivity contribution is 0.230. The molecule has 1 aliphatic heterocycles. The first-order chi connectivity index (χ1) is 4.86. The predicted octanol–water partition coefficient (Wildman–Crippen LogP) is 1.06. The highest BCUT2D eigenvalue weighted by molar-refractivity contribution is 14.1. The Balaban J connectivity index is 2.25. The summed E-state index contributed by atoms with van der Waals surface area (Å²) in [5.74, 6) is 0. The molecule has 10 heavy (non-hydrogen) atoms. The second kappa shape index (κ2) is 4.51. The summed E-state index contributed by atoms with van der Waals surface area (Å²) in [5.41, 5.74) is 0. The van der Waals surface area contributed by atoms with Crippen molar-refractivity contribution in [3.63, 3.8) is 0 Å². The van der Waals surface area contributed by atoms with Crippen LogP contribution < -0.4 is 5.32 Å². The Morgan fingerprint density at radius 1 is 1.70 bits per heavy atom. The van der Waals surface area contributed by atoms with Gasteiger partial charge in [0.2, 0.25) is 0 Å². The third-order valence-corrected chi connectivity index (χ3v) is 3.05. The van der Waals surface area contributed by atoms with Gasteiger partial charge in [0.25, 0.3) is 0 Å². The van der Waals surface area contributed by atoms with Crippen LogP contribution in [0.15, 0.2) is 0 Å². The van der Waals surface area contributed by atoms with E-state index in [2.05, 4.69) is 39.9 Å². The zero-order valence-corrected chi connectivity index (χ0v) is 8.60. The quantitative estimate of drug-likeness (QED) is 0.450. The largest absolute Gasteiger partial charge is 0.316 e. The molecule has 1 atom stereocenters. The van der Waals surface area contributed by atoms with Gasteiger partial charge in [0, 0.05) is 12.6 Å². The van der Waals surface area contributed by atoms with Crippen LogP contribution in [0.3, 0.4) is 0 Å². The maximum absolute atomic E-state index is 3.32. The molecule has 0 amide bonds. The van der Waals surface area contributed by atoms with Crippen molar-refractivity contribution in [1.29, 1.82) is 0 Å². The average molecular weight is 254 g/mol. The highest BCUT2D eigenvalue weighted by Gasteiger charge is 2.16. The first kappa shape index (κ1) is 8.74. The second-order valence-electron chi connectivity index (χ2n) is 2.82. The minimum atomic E-state index is 0.739. The molecule has 0 radical (unpaired) electrons. The Morgan fingerprint density at radius 2 is 2.50 bits per heavy atom. The molecule has 0 spiro atoms. The van der Waals surface area contributed by atoms with Crippen LogP contribution in [0.4, 0.5) is 0 Å². The second-order valence-corrected chi connectivity index (χ2v) is 3.51. The molecule has 3 heteroatoms. The van der Waals surface area contributed by atoms with Gasteiger partial charge in [0.05, 0.1) is 4.55 Å². The average Bonchev–Trinajstić information content (AvgIpc) is 2.05. The third-order valence-electron chi connectivity index (χ3n) is 2.08. The lowest BCUT2D eigenvalue weighted by Crippen LogP contribution is -2.43. The summed E-state index contributed by atoms with van der Waals surface area (Å²) in [5, 5.41) is 3.32. The smallest absolute Gasteiger partial charge is 0.0506 e. The van der Waals surface area contributed by atoms with Crippen molar-refractivity contribution in [3.8, 4) is 0 Å². The van der Waals surface area contributed by atoms with E-state index in [4.69, 9.17) is 0 Å². The number of rotatable bonds is 2. The molecule has 0 aliphatic carbocycles. The standard InChI is InChI=1S/C7H15IN2/c1-9-7-3-2-4-10(5-7)6-8/h7,9H,2-6H2,1H3. The number of likely N-dealkylation sites (tertiary alicyclic amines) is 1. The van der Waals surface area contributed by atoms with Crippen LogP contribution >= 0.6 is 22.6 Å². The molecule has 0 bridgehead atoms. The third kappa shape index (κ3) is 2.36. The Morgan fingerprint density at radius 3 is 3.10 bits per heavy atom. The first-order valence-corrected chi connectivity index (χ1v) is 5.35. The molecule has 1 N–H and O–H groups in total. The summed E-state index contributed by atoms with van der Waals surface area (Å²) >= 11 is 2.43. The van der Waals surface area contributed by atoms with Gasteiger partial charge in [-0.2, -0.15) is 0 Å². The van der Waals surface area contributed by atoms with Gasteiger partial charge >= 0.3 is 0 Å². The van der Waals surface area contributed by atoms with Crippen LogP contribution in [0.2, 0.25) is 0 Å². The van der Waals surface area contributed by atoms with Crippen LogP contribution in [-0.2, 0) is 0 Å². The van der Waals surface area contributed by atoms with Gasteiger partial charge in [0.1, 0.15) is 0 Å². The summed E-state index contributed by atoms with van der Waals surface area (Å²) in [6, 6.07) is 0.739. The molecule has 0 aromatic rings. The number of alkyl halides is 1. The van der Waals surface area contributed by atoms with E-state index in [0.717, 1.165) is 6.04 Å². The van der Waals surface area contributed by atoms with Crippen molar-refractivity contribution in [2.24, 2.45) is 0 Å². The van der Waals surface area contributed by atoms with Gasteiger partial charge in [-0.15, -0.1) is 0 Å². The molecule has 1 fully saturated rings. The molecule has 1 heterocycles. The number of hydrogen-bond donors (Lipinski definition) is 1.